The van der Waals surface area contributed by atoms with E-state index in [1.165, 1.54) is 0 Å². The summed E-state index contributed by atoms with van der Waals surface area (Å²) in [5, 5.41) is 3.86. The Morgan fingerprint density at radius 2 is 2.14 bits per heavy atom. The number of furan rings is 1. The SMILES string of the molecule is O=C(NCc1ccco1)[C@@H]1CN(C(=O)c2cc3ccccc3[nH]2)Cc2cncn21. The van der Waals surface area contributed by atoms with E-state index in [4.69, 9.17) is 4.42 Å². The van der Waals surface area contributed by atoms with Crippen LogP contribution < -0.4 is 5.32 Å². The first-order valence-electron chi connectivity index (χ1n) is 9.37. The molecule has 3 aromatic heterocycles. The van der Waals surface area contributed by atoms with Crippen LogP contribution in [0.1, 0.15) is 28.0 Å². The summed E-state index contributed by atoms with van der Waals surface area (Å²) in [5.74, 6) is 0.346. The van der Waals surface area contributed by atoms with Crippen molar-refractivity contribution in [3.8, 4) is 0 Å². The van der Waals surface area contributed by atoms with E-state index in [9.17, 15) is 9.59 Å². The standard InChI is InChI=1S/C21H19N5O3/c27-20(23-10-16-5-3-7-29-16)19-12-25(11-15-9-22-13-26(15)19)21(28)18-8-14-4-1-2-6-17(14)24-18/h1-9,13,19,24H,10-12H2,(H,23,27)/t19-/m0/s1. The van der Waals surface area contributed by atoms with Gasteiger partial charge in [0.1, 0.15) is 17.5 Å². The normalized spacial score (nSPS) is 16.0. The number of aromatic nitrogens is 3. The molecule has 2 amide bonds. The van der Waals surface area contributed by atoms with Crippen LogP contribution in [0.5, 0.6) is 0 Å². The molecular formula is C21H19N5O3. The Hall–Kier alpha value is -3.81. The van der Waals surface area contributed by atoms with E-state index in [1.54, 1.807) is 35.8 Å². The smallest absolute Gasteiger partial charge is 0.270 e. The molecule has 1 atom stereocenters. The van der Waals surface area contributed by atoms with Crippen LogP contribution in [0.4, 0.5) is 0 Å². The highest BCUT2D eigenvalue weighted by Crippen LogP contribution is 2.24. The third-order valence-corrected chi connectivity index (χ3v) is 5.20. The second-order valence-electron chi connectivity index (χ2n) is 7.06. The molecule has 4 aromatic rings. The highest BCUT2D eigenvalue weighted by Gasteiger charge is 2.33. The molecule has 29 heavy (non-hydrogen) atoms. The fourth-order valence-corrected chi connectivity index (χ4v) is 3.72. The maximum Gasteiger partial charge on any atom is 0.270 e. The largest absolute Gasteiger partial charge is 0.467 e. The van der Waals surface area contributed by atoms with Crippen LogP contribution in [0.3, 0.4) is 0 Å². The topological polar surface area (TPSA) is 96.2 Å². The number of carbonyl (C=O) groups excluding carboxylic acids is 2. The Balaban J connectivity index is 1.38. The first kappa shape index (κ1) is 17.3. The maximum atomic E-state index is 13.1. The third kappa shape index (κ3) is 3.18. The minimum Gasteiger partial charge on any atom is -0.467 e. The van der Waals surface area contributed by atoms with Crippen molar-refractivity contribution >= 4 is 22.7 Å². The van der Waals surface area contributed by atoms with Crippen molar-refractivity contribution in [3.05, 3.63) is 78.4 Å². The zero-order valence-corrected chi connectivity index (χ0v) is 15.5. The Morgan fingerprint density at radius 1 is 1.24 bits per heavy atom. The second-order valence-corrected chi connectivity index (χ2v) is 7.06. The van der Waals surface area contributed by atoms with E-state index >= 15 is 0 Å². The lowest BCUT2D eigenvalue weighted by Gasteiger charge is -2.33. The van der Waals surface area contributed by atoms with Gasteiger partial charge in [0, 0.05) is 17.1 Å². The van der Waals surface area contributed by atoms with Gasteiger partial charge in [0.25, 0.3) is 5.91 Å². The number of hydrogen-bond donors (Lipinski definition) is 2. The van der Waals surface area contributed by atoms with Crippen LogP contribution in [0.25, 0.3) is 10.9 Å². The molecule has 8 nitrogen and oxygen atoms in total. The summed E-state index contributed by atoms with van der Waals surface area (Å²) in [6.07, 6.45) is 4.89. The summed E-state index contributed by atoms with van der Waals surface area (Å²) < 4.78 is 7.10. The monoisotopic (exact) mass is 389 g/mol. The van der Waals surface area contributed by atoms with Gasteiger partial charge in [0.05, 0.1) is 37.9 Å². The number of H-pyrrole nitrogens is 1. The number of imidazole rings is 1. The quantitative estimate of drug-likeness (QED) is 0.560. The molecule has 0 radical (unpaired) electrons. The average molecular weight is 389 g/mol. The van der Waals surface area contributed by atoms with Gasteiger partial charge in [0.2, 0.25) is 5.91 Å². The highest BCUT2D eigenvalue weighted by molar-refractivity contribution is 5.98. The summed E-state index contributed by atoms with van der Waals surface area (Å²) in [5.41, 5.74) is 2.23. The van der Waals surface area contributed by atoms with Crippen molar-refractivity contribution in [2.45, 2.75) is 19.1 Å². The molecule has 0 unspecified atom stereocenters. The minimum absolute atomic E-state index is 0.141. The molecule has 0 fully saturated rings. The molecule has 5 rings (SSSR count). The molecule has 0 spiro atoms. The molecule has 146 valence electrons. The van der Waals surface area contributed by atoms with E-state index in [0.29, 0.717) is 24.5 Å². The molecule has 4 heterocycles. The summed E-state index contributed by atoms with van der Waals surface area (Å²) in [6, 6.07) is 12.6. The van der Waals surface area contributed by atoms with Gasteiger partial charge in [-0.25, -0.2) is 4.98 Å². The summed E-state index contributed by atoms with van der Waals surface area (Å²) in [7, 11) is 0. The van der Waals surface area contributed by atoms with Crippen molar-refractivity contribution in [1.29, 1.82) is 0 Å². The molecule has 0 bridgehead atoms. The number of aromatic amines is 1. The van der Waals surface area contributed by atoms with Gasteiger partial charge in [-0.15, -0.1) is 0 Å². The molecule has 8 heteroatoms. The van der Waals surface area contributed by atoms with Crippen molar-refractivity contribution in [3.63, 3.8) is 0 Å². The Labute approximate surface area is 166 Å². The summed E-state index contributed by atoms with van der Waals surface area (Å²) >= 11 is 0. The number of rotatable bonds is 4. The lowest BCUT2D eigenvalue weighted by molar-refractivity contribution is -0.125. The van der Waals surface area contributed by atoms with Gasteiger partial charge < -0.3 is 24.2 Å². The first-order valence-corrected chi connectivity index (χ1v) is 9.37. The van der Waals surface area contributed by atoms with Crippen LogP contribution in [0, 0.1) is 0 Å². The number of hydrogen-bond acceptors (Lipinski definition) is 4. The fraction of sp³-hybridized carbons (Fsp3) is 0.190. The van der Waals surface area contributed by atoms with Crippen molar-refractivity contribution in [2.75, 3.05) is 6.54 Å². The average Bonchev–Trinajstić information content (AvgIpc) is 3.50. The van der Waals surface area contributed by atoms with Crippen molar-refractivity contribution in [2.24, 2.45) is 0 Å². The molecular weight excluding hydrogens is 370 g/mol. The molecule has 0 saturated heterocycles. The highest BCUT2D eigenvalue weighted by atomic mass is 16.3. The predicted molar refractivity (Wildman–Crippen MR) is 105 cm³/mol. The van der Waals surface area contributed by atoms with Crippen LogP contribution in [-0.2, 0) is 17.9 Å². The number of nitrogens with one attached hydrogen (secondary N) is 2. The van der Waals surface area contributed by atoms with Crippen LogP contribution in [-0.4, -0.2) is 37.8 Å². The predicted octanol–water partition coefficient (Wildman–Crippen LogP) is 2.47. The van der Waals surface area contributed by atoms with E-state index < -0.39 is 6.04 Å². The molecule has 1 aromatic carbocycles. The molecule has 1 aliphatic rings. The number of benzene rings is 1. The minimum atomic E-state index is -0.551. The van der Waals surface area contributed by atoms with E-state index in [1.807, 2.05) is 34.9 Å². The van der Waals surface area contributed by atoms with Gasteiger partial charge in [-0.05, 0) is 24.3 Å². The van der Waals surface area contributed by atoms with E-state index in [-0.39, 0.29) is 18.4 Å². The Bertz CT molecular complexity index is 1140. The van der Waals surface area contributed by atoms with Gasteiger partial charge in [-0.2, -0.15) is 0 Å². The van der Waals surface area contributed by atoms with E-state index in [0.717, 1.165) is 16.6 Å². The molecule has 2 N–H and O–H groups in total. The number of fused-ring (bicyclic) bond motifs is 2. The first-order chi connectivity index (χ1) is 14.2. The van der Waals surface area contributed by atoms with Gasteiger partial charge >= 0.3 is 0 Å². The number of para-hydroxylation sites is 1. The number of carbonyl (C=O) groups is 2. The lowest BCUT2D eigenvalue weighted by Crippen LogP contribution is -2.46. The Kier molecular flexibility index (Phi) is 4.16. The summed E-state index contributed by atoms with van der Waals surface area (Å²) in [4.78, 5) is 35.0. The lowest BCUT2D eigenvalue weighted by atomic mass is 10.1. The van der Waals surface area contributed by atoms with Gasteiger partial charge in [-0.1, -0.05) is 18.2 Å². The van der Waals surface area contributed by atoms with Gasteiger partial charge in [0.15, 0.2) is 0 Å². The maximum absolute atomic E-state index is 13.1. The van der Waals surface area contributed by atoms with Crippen LogP contribution >= 0.6 is 0 Å². The number of nitrogens with zero attached hydrogens (tertiary/aromatic N) is 3. The molecule has 0 aliphatic carbocycles. The van der Waals surface area contributed by atoms with Crippen LogP contribution in [0.15, 0.2) is 65.7 Å². The van der Waals surface area contributed by atoms with Gasteiger partial charge in [-0.3, -0.25) is 9.59 Å². The Morgan fingerprint density at radius 3 is 2.97 bits per heavy atom. The molecule has 1 aliphatic heterocycles. The third-order valence-electron chi connectivity index (χ3n) is 5.20. The molecule has 0 saturated carbocycles. The van der Waals surface area contributed by atoms with Crippen molar-refractivity contribution < 1.29 is 14.0 Å². The van der Waals surface area contributed by atoms with Crippen LogP contribution in [0.2, 0.25) is 0 Å². The van der Waals surface area contributed by atoms with Crippen molar-refractivity contribution in [1.82, 2.24) is 24.8 Å². The zero-order valence-electron chi connectivity index (χ0n) is 15.5. The second kappa shape index (κ2) is 6.97. The van der Waals surface area contributed by atoms with E-state index in [2.05, 4.69) is 15.3 Å². The fourth-order valence-electron chi connectivity index (χ4n) is 3.72. The zero-order chi connectivity index (χ0) is 19.8. The summed E-state index contributed by atoms with van der Waals surface area (Å²) in [6.45, 7) is 0.958. The number of amides is 2.